The van der Waals surface area contributed by atoms with E-state index in [0.717, 1.165) is 5.39 Å². The molecule has 2 amide bonds. The molecule has 0 spiro atoms. The van der Waals surface area contributed by atoms with E-state index in [4.69, 9.17) is 21.1 Å². The lowest BCUT2D eigenvalue weighted by Crippen LogP contribution is -2.43. The van der Waals surface area contributed by atoms with Crippen LogP contribution in [0, 0.1) is 34.8 Å². The third kappa shape index (κ3) is 3.17. The topological polar surface area (TPSA) is 92.5 Å². The number of nitriles is 1. The maximum absolute atomic E-state index is 13.9. The van der Waals surface area contributed by atoms with Crippen LogP contribution in [0.4, 0.5) is 5.69 Å². The Kier molecular flexibility index (Phi) is 4.89. The van der Waals surface area contributed by atoms with Crippen LogP contribution in [0.5, 0.6) is 5.88 Å². The maximum atomic E-state index is 13.9. The predicted molar refractivity (Wildman–Crippen MR) is 124 cm³/mol. The quantitative estimate of drug-likeness (QED) is 0.508. The van der Waals surface area contributed by atoms with E-state index in [1.54, 1.807) is 30.5 Å². The number of pyridine rings is 1. The summed E-state index contributed by atoms with van der Waals surface area (Å²) in [5.41, 5.74) is -0.435. The summed E-state index contributed by atoms with van der Waals surface area (Å²) in [7, 11) is 0. The molecule has 6 rings (SSSR count). The molecule has 4 atom stereocenters. The molecular weight excluding hydrogens is 466 g/mol. The van der Waals surface area contributed by atoms with Crippen LogP contribution in [-0.4, -0.2) is 34.6 Å². The second-order valence-electron chi connectivity index (χ2n) is 9.67. The highest BCUT2D eigenvalue weighted by molar-refractivity contribution is 6.26. The zero-order chi connectivity index (χ0) is 24.4. The van der Waals surface area contributed by atoms with Gasteiger partial charge in [-0.3, -0.25) is 9.59 Å². The summed E-state index contributed by atoms with van der Waals surface area (Å²) in [5.74, 6) is -1.13. The number of benzene rings is 2. The predicted octanol–water partition coefficient (Wildman–Crippen LogP) is 3.70. The van der Waals surface area contributed by atoms with E-state index in [1.807, 2.05) is 31.2 Å². The highest BCUT2D eigenvalue weighted by Gasteiger charge is 2.73. The lowest BCUT2D eigenvalue weighted by Gasteiger charge is -2.31. The molecule has 3 aliphatic heterocycles. The smallest absolute Gasteiger partial charge is 0.244 e. The summed E-state index contributed by atoms with van der Waals surface area (Å²) in [6.07, 6.45) is 3.43. The molecular formula is C27H23ClN3O4+. The normalized spacial score (nSPS) is 29.0. The van der Waals surface area contributed by atoms with Crippen molar-refractivity contribution in [1.82, 2.24) is 4.98 Å². The number of halogens is 1. The number of hydrogen-bond acceptors (Lipinski definition) is 6. The molecule has 35 heavy (non-hydrogen) atoms. The minimum absolute atomic E-state index is 0.234. The first-order valence-corrected chi connectivity index (χ1v) is 12.0. The number of anilines is 1. The Morgan fingerprint density at radius 1 is 1.11 bits per heavy atom. The van der Waals surface area contributed by atoms with Crippen LogP contribution in [0.2, 0.25) is 5.02 Å². The Morgan fingerprint density at radius 2 is 1.89 bits per heavy atom. The monoisotopic (exact) mass is 488 g/mol. The van der Waals surface area contributed by atoms with Crippen LogP contribution in [0.25, 0.3) is 10.8 Å². The van der Waals surface area contributed by atoms with Crippen molar-refractivity contribution < 1.29 is 30.7 Å². The Balaban J connectivity index is 1.33. The number of amides is 2. The van der Waals surface area contributed by atoms with E-state index >= 15 is 0 Å². The Labute approximate surface area is 207 Å². The average molecular weight is 489 g/mol. The second kappa shape index (κ2) is 7.77. The number of carbonyl (C=O) groups excluding carboxylic acids is 2. The van der Waals surface area contributed by atoms with Crippen LogP contribution >= 0.6 is 0 Å². The van der Waals surface area contributed by atoms with Gasteiger partial charge >= 0.3 is 0 Å². The third-order valence-corrected chi connectivity index (χ3v) is 8.00. The van der Waals surface area contributed by atoms with E-state index in [-0.39, 0.29) is 11.8 Å². The van der Waals surface area contributed by atoms with Gasteiger partial charge in [-0.1, -0.05) is 24.3 Å². The second-order valence-corrected chi connectivity index (χ2v) is 10.1. The molecule has 8 heteroatoms. The van der Waals surface area contributed by atoms with Gasteiger partial charge in [-0.15, -0.1) is 0 Å². The summed E-state index contributed by atoms with van der Waals surface area (Å²) in [4.78, 5) is 33.2. The number of aromatic nitrogens is 1. The van der Waals surface area contributed by atoms with Gasteiger partial charge in [-0.2, -0.15) is 5.26 Å². The van der Waals surface area contributed by atoms with E-state index in [2.05, 4.69) is 11.1 Å². The van der Waals surface area contributed by atoms with Gasteiger partial charge in [-0.25, -0.2) is 9.88 Å². The largest absolute Gasteiger partial charge is 0.478 e. The zero-order valence-electron chi connectivity index (χ0n) is 19.1. The minimum Gasteiger partial charge on any atom is -0.478 e. The van der Waals surface area contributed by atoms with Crippen molar-refractivity contribution in [2.24, 2.45) is 11.8 Å². The van der Waals surface area contributed by atoms with Crippen molar-refractivity contribution in [1.29, 1.82) is 5.26 Å². The lowest BCUT2D eigenvalue weighted by atomic mass is 9.67. The fourth-order valence-corrected chi connectivity index (χ4v) is 6.32. The third-order valence-electron chi connectivity index (χ3n) is 7.76. The van der Waals surface area contributed by atoms with E-state index in [9.17, 15) is 14.9 Å². The molecule has 4 heterocycles. The fourth-order valence-electron chi connectivity index (χ4n) is 6.20. The SMILES string of the molecule is CC12CCC(CCOc3ccc([ClH+])cn3)(O1)[C@H]1C(=O)N(c3ccc(C#N)c4ccccc34)C(=O)[C@H]12. The molecule has 0 aliphatic carbocycles. The van der Waals surface area contributed by atoms with Crippen LogP contribution in [0.3, 0.4) is 0 Å². The molecule has 3 aromatic rings. The van der Waals surface area contributed by atoms with Crippen molar-refractivity contribution in [3.05, 3.63) is 65.3 Å². The summed E-state index contributed by atoms with van der Waals surface area (Å²) in [5, 5.41) is 11.6. The van der Waals surface area contributed by atoms with Gasteiger partial charge in [0, 0.05) is 29.3 Å². The summed E-state index contributed by atoms with van der Waals surface area (Å²) >= 11 is 5.07. The number of nitrogens with zero attached hydrogens (tertiary/aromatic N) is 3. The van der Waals surface area contributed by atoms with Gasteiger partial charge in [0.05, 0.1) is 53.2 Å². The molecule has 0 N–H and O–H groups in total. The standard InChI is InChI=1S/C27H23ClN3O4/c1-26-10-11-27(35-26,12-13-34-21-9-7-17(28)15-30-21)23-22(26)24(32)31(25(23)33)20-8-6-16(14-29)18-4-2-3-5-19(18)20/h2-9,15,22-23,28H,10-13H2,1H3/q+1/t22-,23+,26?,27?/m0/s1. The highest BCUT2D eigenvalue weighted by Crippen LogP contribution is 2.62. The number of rotatable bonds is 5. The van der Waals surface area contributed by atoms with E-state index in [1.165, 1.54) is 4.90 Å². The summed E-state index contributed by atoms with van der Waals surface area (Å²) < 4.78 is 12.3. The molecule has 0 saturated carbocycles. The molecule has 0 radical (unpaired) electrons. The van der Waals surface area contributed by atoms with Gasteiger partial charge in [0.25, 0.3) is 0 Å². The zero-order valence-corrected chi connectivity index (χ0v) is 19.9. The van der Waals surface area contributed by atoms with Crippen molar-refractivity contribution in [2.75, 3.05) is 11.5 Å². The molecule has 2 unspecified atom stereocenters. The van der Waals surface area contributed by atoms with Crippen LogP contribution in [-0.2, 0) is 14.3 Å². The fraction of sp³-hybridized carbons (Fsp3) is 0.333. The van der Waals surface area contributed by atoms with Crippen molar-refractivity contribution in [3.8, 4) is 11.9 Å². The molecule has 2 aromatic carbocycles. The minimum atomic E-state index is -0.763. The van der Waals surface area contributed by atoms with Crippen LogP contribution in [0.15, 0.2) is 54.7 Å². The number of carbonyl (C=O) groups is 2. The lowest BCUT2D eigenvalue weighted by molar-refractivity contribution is -0.289. The number of ether oxygens (including phenoxy) is 2. The van der Waals surface area contributed by atoms with Gasteiger partial charge in [0.1, 0.15) is 0 Å². The van der Waals surface area contributed by atoms with Gasteiger partial charge < -0.3 is 9.47 Å². The highest BCUT2D eigenvalue weighted by atomic mass is 35.5. The van der Waals surface area contributed by atoms with E-state index < -0.39 is 23.0 Å². The van der Waals surface area contributed by atoms with Gasteiger partial charge in [-0.05, 0) is 31.9 Å². The molecule has 176 valence electrons. The molecule has 7 nitrogen and oxygen atoms in total. The molecule has 3 fully saturated rings. The van der Waals surface area contributed by atoms with Crippen molar-refractivity contribution in [3.63, 3.8) is 0 Å². The van der Waals surface area contributed by atoms with Gasteiger partial charge in [0.15, 0.2) is 11.6 Å². The Hall–Kier alpha value is -3.47. The summed E-state index contributed by atoms with van der Waals surface area (Å²) in [6, 6.07) is 16.4. The van der Waals surface area contributed by atoms with E-state index in [0.29, 0.717) is 53.4 Å². The number of imide groups is 1. The Bertz CT molecular complexity index is 1420. The first-order valence-electron chi connectivity index (χ1n) is 11.6. The van der Waals surface area contributed by atoms with Crippen molar-refractivity contribution in [2.45, 2.75) is 37.4 Å². The number of fused-ring (bicyclic) bond motifs is 6. The molecule has 3 aliphatic rings. The Morgan fingerprint density at radius 3 is 2.63 bits per heavy atom. The van der Waals surface area contributed by atoms with Crippen LogP contribution in [0.1, 0.15) is 31.7 Å². The molecule has 3 saturated heterocycles. The molecule has 2 bridgehead atoms. The first kappa shape index (κ1) is 22.0. The average Bonchev–Trinajstić information content (AvgIpc) is 3.44. The number of hydrogen-bond donors (Lipinski definition) is 0. The van der Waals surface area contributed by atoms with Gasteiger partial charge in [0.2, 0.25) is 22.7 Å². The van der Waals surface area contributed by atoms with Crippen molar-refractivity contribution >= 4 is 28.3 Å². The van der Waals surface area contributed by atoms with Crippen LogP contribution < -0.4 is 9.64 Å². The maximum Gasteiger partial charge on any atom is 0.244 e. The summed E-state index contributed by atoms with van der Waals surface area (Å²) in [6.45, 7) is 2.25. The molecule has 1 aromatic heterocycles. The first-order chi connectivity index (χ1) is 16.9.